The van der Waals surface area contributed by atoms with Crippen LogP contribution < -0.4 is 0 Å². The molecule has 1 aliphatic heterocycles. The number of aromatic hydroxyl groups is 1. The number of piperazine rings is 1. The number of rotatable bonds is 5. The lowest BCUT2D eigenvalue weighted by Gasteiger charge is -2.32. The molecule has 2 heterocycles. The van der Waals surface area contributed by atoms with Crippen LogP contribution in [0.1, 0.15) is 5.56 Å². The van der Waals surface area contributed by atoms with Gasteiger partial charge < -0.3 is 10.0 Å². The van der Waals surface area contributed by atoms with Gasteiger partial charge in [0.25, 0.3) is 0 Å². The van der Waals surface area contributed by atoms with Crippen LogP contribution in [0.15, 0.2) is 37.1 Å². The number of hydrogen-bond donors (Lipinski definition) is 1. The molecule has 1 aromatic heterocycles. The molecule has 2 aromatic rings. The highest BCUT2D eigenvalue weighted by Crippen LogP contribution is 2.28. The van der Waals surface area contributed by atoms with Gasteiger partial charge in [0.05, 0.1) is 11.3 Å². The molecule has 1 fully saturated rings. The molecule has 0 spiro atoms. The SMILES string of the molecule is C=CCS(=O)(=O)n1ccc2c(CN3CCN(C)CC3)cc(O)cc21. The maximum Gasteiger partial charge on any atom is 0.242 e. The second kappa shape index (κ2) is 6.58. The van der Waals surface area contributed by atoms with Crippen molar-refractivity contribution in [3.63, 3.8) is 0 Å². The Morgan fingerprint density at radius 3 is 2.62 bits per heavy atom. The van der Waals surface area contributed by atoms with E-state index in [1.54, 1.807) is 18.3 Å². The molecule has 0 saturated carbocycles. The van der Waals surface area contributed by atoms with Gasteiger partial charge in [0.2, 0.25) is 10.0 Å². The summed E-state index contributed by atoms with van der Waals surface area (Å²) in [7, 11) is -1.39. The smallest absolute Gasteiger partial charge is 0.242 e. The molecular weight excluding hydrogens is 326 g/mol. The Hall–Kier alpha value is -1.83. The van der Waals surface area contributed by atoms with E-state index in [1.165, 1.54) is 16.1 Å². The van der Waals surface area contributed by atoms with Crippen molar-refractivity contribution in [2.24, 2.45) is 0 Å². The summed E-state index contributed by atoms with van der Waals surface area (Å²) in [5.41, 5.74) is 1.46. The molecule has 3 rings (SSSR count). The zero-order valence-corrected chi connectivity index (χ0v) is 14.7. The van der Waals surface area contributed by atoms with Crippen LogP contribution in [0.25, 0.3) is 10.9 Å². The third-order valence-electron chi connectivity index (χ3n) is 4.46. The quantitative estimate of drug-likeness (QED) is 0.828. The van der Waals surface area contributed by atoms with E-state index in [0.29, 0.717) is 12.1 Å². The van der Waals surface area contributed by atoms with Gasteiger partial charge in [0.15, 0.2) is 0 Å². The van der Waals surface area contributed by atoms with E-state index in [2.05, 4.69) is 23.4 Å². The van der Waals surface area contributed by atoms with Crippen molar-refractivity contribution in [2.75, 3.05) is 39.0 Å². The van der Waals surface area contributed by atoms with Gasteiger partial charge in [-0.25, -0.2) is 12.4 Å². The van der Waals surface area contributed by atoms with Gasteiger partial charge in [-0.2, -0.15) is 0 Å². The first-order valence-corrected chi connectivity index (χ1v) is 9.59. The van der Waals surface area contributed by atoms with E-state index in [0.717, 1.165) is 37.1 Å². The molecule has 0 aliphatic carbocycles. The van der Waals surface area contributed by atoms with Crippen LogP contribution in [0.4, 0.5) is 0 Å². The monoisotopic (exact) mass is 349 g/mol. The molecule has 24 heavy (non-hydrogen) atoms. The van der Waals surface area contributed by atoms with Crippen molar-refractivity contribution < 1.29 is 13.5 Å². The molecule has 7 heteroatoms. The third-order valence-corrected chi connectivity index (χ3v) is 6.04. The number of likely N-dealkylation sites (N-methyl/N-ethyl adjacent to an activating group) is 1. The highest BCUT2D eigenvalue weighted by Gasteiger charge is 2.19. The number of nitrogens with zero attached hydrogens (tertiary/aromatic N) is 3. The average molecular weight is 349 g/mol. The van der Waals surface area contributed by atoms with Gasteiger partial charge in [-0.1, -0.05) is 6.08 Å². The summed E-state index contributed by atoms with van der Waals surface area (Å²) >= 11 is 0. The molecule has 1 N–H and O–H groups in total. The van der Waals surface area contributed by atoms with Gasteiger partial charge in [0.1, 0.15) is 5.75 Å². The molecule has 130 valence electrons. The van der Waals surface area contributed by atoms with Crippen LogP contribution in [-0.2, 0) is 16.6 Å². The molecule has 6 nitrogen and oxygen atoms in total. The lowest BCUT2D eigenvalue weighted by molar-refractivity contribution is 0.148. The molecule has 1 saturated heterocycles. The Labute approximate surface area is 142 Å². The average Bonchev–Trinajstić information content (AvgIpc) is 2.94. The fourth-order valence-corrected chi connectivity index (χ4v) is 4.28. The Balaban J connectivity index is 1.98. The van der Waals surface area contributed by atoms with E-state index in [4.69, 9.17) is 0 Å². The van der Waals surface area contributed by atoms with Gasteiger partial charge in [0, 0.05) is 50.4 Å². The first-order chi connectivity index (χ1) is 11.4. The highest BCUT2D eigenvalue weighted by molar-refractivity contribution is 7.90. The summed E-state index contributed by atoms with van der Waals surface area (Å²) in [5, 5.41) is 10.9. The molecule has 0 amide bonds. The molecular formula is C17H23N3O3S. The van der Waals surface area contributed by atoms with E-state index in [9.17, 15) is 13.5 Å². The number of phenolic OH excluding ortho intramolecular Hbond substituents is 1. The zero-order chi connectivity index (χ0) is 17.3. The van der Waals surface area contributed by atoms with Crippen LogP contribution >= 0.6 is 0 Å². The van der Waals surface area contributed by atoms with Crippen molar-refractivity contribution in [2.45, 2.75) is 6.54 Å². The number of hydrogen-bond acceptors (Lipinski definition) is 5. The first-order valence-electron chi connectivity index (χ1n) is 7.99. The van der Waals surface area contributed by atoms with Crippen LogP contribution in [0, 0.1) is 0 Å². The van der Waals surface area contributed by atoms with Crippen molar-refractivity contribution in [3.8, 4) is 5.75 Å². The minimum Gasteiger partial charge on any atom is -0.508 e. The van der Waals surface area contributed by atoms with Crippen LogP contribution in [-0.4, -0.2) is 66.3 Å². The molecule has 0 unspecified atom stereocenters. The summed E-state index contributed by atoms with van der Waals surface area (Å²) in [6.45, 7) is 8.14. The molecule has 1 aromatic carbocycles. The number of phenols is 1. The van der Waals surface area contributed by atoms with Crippen molar-refractivity contribution in [1.82, 2.24) is 13.8 Å². The summed E-state index contributed by atoms with van der Waals surface area (Å²) in [6.07, 6.45) is 2.92. The lowest BCUT2D eigenvalue weighted by Crippen LogP contribution is -2.43. The number of benzene rings is 1. The van der Waals surface area contributed by atoms with Gasteiger partial charge in [-0.05, 0) is 24.7 Å². The molecule has 1 aliphatic rings. The fraction of sp³-hybridized carbons (Fsp3) is 0.412. The van der Waals surface area contributed by atoms with Crippen molar-refractivity contribution >= 4 is 20.9 Å². The minimum absolute atomic E-state index is 0.0837. The minimum atomic E-state index is -3.50. The first kappa shape index (κ1) is 17.0. The Morgan fingerprint density at radius 2 is 1.96 bits per heavy atom. The summed E-state index contributed by atoms with van der Waals surface area (Å²) < 4.78 is 25.9. The lowest BCUT2D eigenvalue weighted by atomic mass is 10.1. The Kier molecular flexibility index (Phi) is 4.67. The summed E-state index contributed by atoms with van der Waals surface area (Å²) in [6, 6.07) is 5.04. The third kappa shape index (κ3) is 3.33. The summed E-state index contributed by atoms with van der Waals surface area (Å²) in [5.74, 6) is -0.0550. The zero-order valence-electron chi connectivity index (χ0n) is 13.9. The van der Waals surface area contributed by atoms with Crippen molar-refractivity contribution in [3.05, 3.63) is 42.6 Å². The largest absolute Gasteiger partial charge is 0.508 e. The fourth-order valence-electron chi connectivity index (χ4n) is 3.13. The Bertz CT molecular complexity index is 849. The molecule has 0 atom stereocenters. The topological polar surface area (TPSA) is 65.8 Å². The normalized spacial score (nSPS) is 17.4. The van der Waals surface area contributed by atoms with E-state index in [1.807, 2.05) is 0 Å². The van der Waals surface area contributed by atoms with E-state index < -0.39 is 10.0 Å². The predicted octanol–water partition coefficient (Wildman–Crippen LogP) is 1.46. The predicted molar refractivity (Wildman–Crippen MR) is 95.8 cm³/mol. The van der Waals surface area contributed by atoms with E-state index in [-0.39, 0.29) is 11.5 Å². The second-order valence-electron chi connectivity index (χ2n) is 6.30. The standard InChI is InChI=1S/C17H23N3O3S/c1-3-10-24(22,23)20-5-4-16-14(11-15(21)12-17(16)20)13-19-8-6-18(2)7-9-19/h3-5,11-12,21H,1,6-10,13H2,2H3. The van der Waals surface area contributed by atoms with Crippen LogP contribution in [0.2, 0.25) is 0 Å². The van der Waals surface area contributed by atoms with Crippen molar-refractivity contribution in [1.29, 1.82) is 0 Å². The van der Waals surface area contributed by atoms with E-state index >= 15 is 0 Å². The van der Waals surface area contributed by atoms with Gasteiger partial charge in [-0.15, -0.1) is 6.58 Å². The van der Waals surface area contributed by atoms with Crippen LogP contribution in [0.3, 0.4) is 0 Å². The molecule has 0 bridgehead atoms. The second-order valence-corrected chi connectivity index (χ2v) is 8.19. The number of fused-ring (bicyclic) bond motifs is 1. The maximum absolute atomic E-state index is 12.4. The van der Waals surface area contributed by atoms with Gasteiger partial charge >= 0.3 is 0 Å². The van der Waals surface area contributed by atoms with Crippen LogP contribution in [0.5, 0.6) is 5.75 Å². The van der Waals surface area contributed by atoms with Gasteiger partial charge in [-0.3, -0.25) is 4.90 Å². The number of aromatic nitrogens is 1. The summed E-state index contributed by atoms with van der Waals surface area (Å²) in [4.78, 5) is 4.61. The Morgan fingerprint density at radius 1 is 1.25 bits per heavy atom. The highest BCUT2D eigenvalue weighted by atomic mass is 32.2. The maximum atomic E-state index is 12.4. The molecule has 0 radical (unpaired) electrons.